The third-order valence-corrected chi connectivity index (χ3v) is 6.46. The number of nitrogens with zero attached hydrogens (tertiary/aromatic N) is 5. The molecule has 0 aromatic heterocycles. The van der Waals surface area contributed by atoms with Crippen molar-refractivity contribution in [2.75, 3.05) is 11.9 Å². The molecule has 1 fully saturated rings. The number of anilines is 1. The summed E-state index contributed by atoms with van der Waals surface area (Å²) in [6.45, 7) is 4.24. The lowest BCUT2D eigenvalue weighted by Gasteiger charge is -2.40. The number of rotatable bonds is 3. The molecule has 8 heteroatoms. The lowest BCUT2D eigenvalue weighted by Crippen LogP contribution is -2.63. The maximum atomic E-state index is 13.5. The number of aryl methyl sites for hydroxylation is 1. The van der Waals surface area contributed by atoms with Gasteiger partial charge < -0.3 is 9.80 Å². The molecule has 2 aromatic carbocycles. The van der Waals surface area contributed by atoms with Gasteiger partial charge in [-0.1, -0.05) is 45.8 Å². The van der Waals surface area contributed by atoms with E-state index in [9.17, 15) is 9.59 Å². The number of fused-ring (bicyclic) bond motifs is 3. The molecule has 0 spiro atoms. The lowest BCUT2D eigenvalue weighted by molar-refractivity contribution is -0.137. The van der Waals surface area contributed by atoms with Gasteiger partial charge >= 0.3 is 6.03 Å². The predicted molar refractivity (Wildman–Crippen MR) is 122 cm³/mol. The number of guanidine groups is 1. The maximum absolute atomic E-state index is 13.5. The average Bonchev–Trinajstić information content (AvgIpc) is 3.26. The zero-order valence-corrected chi connectivity index (χ0v) is 19.1. The molecule has 3 aliphatic rings. The summed E-state index contributed by atoms with van der Waals surface area (Å²) in [7, 11) is 1.71. The Kier molecular flexibility index (Phi) is 4.62. The van der Waals surface area contributed by atoms with Crippen molar-refractivity contribution in [2.24, 2.45) is 4.99 Å². The number of hydrogen-bond acceptors (Lipinski definition) is 5. The second kappa shape index (κ2) is 7.23. The number of allylic oxidation sites excluding steroid dienone is 1. The molecule has 158 valence electrons. The minimum atomic E-state index is -0.571. The molecule has 0 bridgehead atoms. The summed E-state index contributed by atoms with van der Waals surface area (Å²) in [4.78, 5) is 38.1. The topological polar surface area (TPSA) is 59.5 Å². The molecule has 2 aromatic rings. The first kappa shape index (κ1) is 19.8. The van der Waals surface area contributed by atoms with E-state index in [0.29, 0.717) is 5.96 Å². The van der Waals surface area contributed by atoms with E-state index in [1.54, 1.807) is 11.9 Å². The molecule has 0 saturated carbocycles. The summed E-state index contributed by atoms with van der Waals surface area (Å²) < 4.78 is 0.989. The van der Waals surface area contributed by atoms with Crippen LogP contribution in [0.2, 0.25) is 0 Å². The number of amides is 3. The molecule has 5 rings (SSSR count). The van der Waals surface area contributed by atoms with Crippen LogP contribution in [0.15, 0.2) is 69.9 Å². The molecular weight excluding hydrogens is 458 g/mol. The van der Waals surface area contributed by atoms with Gasteiger partial charge in [0.1, 0.15) is 0 Å². The molecule has 3 amide bonds. The Morgan fingerprint density at radius 3 is 2.35 bits per heavy atom. The number of imide groups is 1. The number of likely N-dealkylation sites (N-methyl/N-ethyl adjacent to an activating group) is 1. The van der Waals surface area contributed by atoms with Gasteiger partial charge in [0.05, 0.1) is 6.54 Å². The van der Waals surface area contributed by atoms with Crippen molar-refractivity contribution >= 4 is 39.5 Å². The van der Waals surface area contributed by atoms with Crippen LogP contribution < -0.4 is 4.90 Å². The average molecular weight is 480 g/mol. The van der Waals surface area contributed by atoms with Crippen LogP contribution >= 0.6 is 15.9 Å². The van der Waals surface area contributed by atoms with Crippen LogP contribution in [-0.2, 0) is 11.3 Å². The highest BCUT2D eigenvalue weighted by molar-refractivity contribution is 9.10. The quantitative estimate of drug-likeness (QED) is 0.669. The summed E-state index contributed by atoms with van der Waals surface area (Å²) in [6, 6.07) is 14.9. The van der Waals surface area contributed by atoms with Crippen molar-refractivity contribution in [2.45, 2.75) is 32.6 Å². The van der Waals surface area contributed by atoms with Gasteiger partial charge in [-0.2, -0.15) is 0 Å². The number of halogens is 1. The van der Waals surface area contributed by atoms with E-state index in [2.05, 4.69) is 15.9 Å². The first-order valence-electron chi connectivity index (χ1n) is 10.1. The first-order chi connectivity index (χ1) is 14.8. The highest BCUT2D eigenvalue weighted by Gasteiger charge is 2.54. The molecule has 2 unspecified atom stereocenters. The van der Waals surface area contributed by atoms with E-state index in [-0.39, 0.29) is 18.5 Å². The number of benzene rings is 2. The van der Waals surface area contributed by atoms with Crippen LogP contribution in [0.1, 0.15) is 18.1 Å². The number of carbonyl (C=O) groups is 2. The Morgan fingerprint density at radius 1 is 1.00 bits per heavy atom. The Hall–Kier alpha value is -3.13. The van der Waals surface area contributed by atoms with Gasteiger partial charge in [0.15, 0.2) is 12.2 Å². The number of urea groups is 1. The highest BCUT2D eigenvalue weighted by atomic mass is 79.9. The summed E-state index contributed by atoms with van der Waals surface area (Å²) in [5.41, 5.74) is 3.98. The zero-order chi connectivity index (χ0) is 21.9. The fourth-order valence-corrected chi connectivity index (χ4v) is 4.55. The molecule has 31 heavy (non-hydrogen) atoms. The smallest absolute Gasteiger partial charge is 0.302 e. The Balaban J connectivity index is 1.46. The van der Waals surface area contributed by atoms with Gasteiger partial charge in [-0.25, -0.2) is 9.79 Å². The third kappa shape index (κ3) is 3.13. The fraction of sp³-hybridized carbons (Fsp3) is 0.261. The van der Waals surface area contributed by atoms with Crippen LogP contribution in [0.4, 0.5) is 10.5 Å². The van der Waals surface area contributed by atoms with E-state index in [4.69, 9.17) is 4.99 Å². The second-order valence-electron chi connectivity index (χ2n) is 8.08. The molecule has 0 N–H and O–H groups in total. The van der Waals surface area contributed by atoms with Crippen molar-refractivity contribution in [1.29, 1.82) is 0 Å². The van der Waals surface area contributed by atoms with E-state index in [0.717, 1.165) is 27.0 Å². The van der Waals surface area contributed by atoms with Crippen LogP contribution in [0.3, 0.4) is 0 Å². The fourth-order valence-electron chi connectivity index (χ4n) is 4.28. The second-order valence-corrected chi connectivity index (χ2v) is 9.00. The lowest BCUT2D eigenvalue weighted by atomic mass is 10.1. The Morgan fingerprint density at radius 2 is 1.68 bits per heavy atom. The Bertz CT molecular complexity index is 1130. The van der Waals surface area contributed by atoms with Crippen LogP contribution in [0.5, 0.6) is 0 Å². The summed E-state index contributed by atoms with van der Waals surface area (Å²) >= 11 is 3.47. The molecule has 7 nitrogen and oxygen atoms in total. The standard InChI is InChI=1S/C23H22BrN5O2/c1-14-4-6-16(7-5-14)13-28-21(30)19-20(26(3)23(28)31)25-22-27(19)12-15(2)29(22)18-10-8-17(24)9-11-18/h4-12,19-20H,13H2,1-3H3. The maximum Gasteiger partial charge on any atom is 0.328 e. The van der Waals surface area contributed by atoms with Gasteiger partial charge in [-0.15, -0.1) is 0 Å². The molecular formula is C23H22BrN5O2. The first-order valence-corrected chi connectivity index (χ1v) is 10.9. The van der Waals surface area contributed by atoms with Crippen molar-refractivity contribution in [3.63, 3.8) is 0 Å². The van der Waals surface area contributed by atoms with E-state index in [1.165, 1.54) is 4.90 Å². The zero-order valence-electron chi connectivity index (χ0n) is 17.5. The largest absolute Gasteiger partial charge is 0.328 e. The van der Waals surface area contributed by atoms with Gasteiger partial charge in [0, 0.05) is 29.1 Å². The van der Waals surface area contributed by atoms with Crippen molar-refractivity contribution in [3.8, 4) is 0 Å². The molecule has 2 atom stereocenters. The van der Waals surface area contributed by atoms with Gasteiger partial charge in [0.2, 0.25) is 5.96 Å². The predicted octanol–water partition coefficient (Wildman–Crippen LogP) is 3.90. The van der Waals surface area contributed by atoms with Crippen molar-refractivity contribution in [1.82, 2.24) is 14.7 Å². The van der Waals surface area contributed by atoms with Crippen LogP contribution in [0.25, 0.3) is 0 Å². The van der Waals surface area contributed by atoms with Crippen molar-refractivity contribution in [3.05, 3.63) is 76.0 Å². The van der Waals surface area contributed by atoms with E-state index >= 15 is 0 Å². The molecule has 0 aliphatic carbocycles. The minimum absolute atomic E-state index is 0.228. The SMILES string of the molecule is CC1=CN2C(=NC3C2C(=O)N(Cc2ccc(C)cc2)C(=O)N3C)N1c1ccc(Br)cc1. The molecule has 1 saturated heterocycles. The summed E-state index contributed by atoms with van der Waals surface area (Å²) in [6.07, 6.45) is 1.39. The molecule has 3 aliphatic heterocycles. The number of aliphatic imine (C=N–C) groups is 1. The summed E-state index contributed by atoms with van der Waals surface area (Å²) in [5, 5.41) is 0. The van der Waals surface area contributed by atoms with Gasteiger partial charge in [-0.05, 0) is 43.7 Å². The minimum Gasteiger partial charge on any atom is -0.302 e. The summed E-state index contributed by atoms with van der Waals surface area (Å²) in [5.74, 6) is 0.439. The third-order valence-electron chi connectivity index (χ3n) is 5.93. The van der Waals surface area contributed by atoms with E-state index in [1.807, 2.05) is 78.4 Å². The van der Waals surface area contributed by atoms with Gasteiger partial charge in [-0.3, -0.25) is 14.6 Å². The normalized spacial score (nSPS) is 22.6. The molecule has 0 radical (unpaired) electrons. The van der Waals surface area contributed by atoms with Crippen LogP contribution in [-0.4, -0.2) is 51.9 Å². The van der Waals surface area contributed by atoms with Gasteiger partial charge in [0.25, 0.3) is 5.91 Å². The highest BCUT2D eigenvalue weighted by Crippen LogP contribution is 2.37. The van der Waals surface area contributed by atoms with Crippen molar-refractivity contribution < 1.29 is 9.59 Å². The molecule has 3 heterocycles. The number of hydrogen-bond donors (Lipinski definition) is 0. The number of carbonyl (C=O) groups excluding carboxylic acids is 2. The van der Waals surface area contributed by atoms with Crippen LogP contribution in [0, 0.1) is 6.92 Å². The van der Waals surface area contributed by atoms with E-state index < -0.39 is 12.2 Å². The monoisotopic (exact) mass is 479 g/mol. The Labute approximate surface area is 189 Å².